The van der Waals surface area contributed by atoms with Gasteiger partial charge in [0, 0.05) is 36.0 Å². The molecule has 1 rings (SSSR count). The molecule has 0 radical (unpaired) electrons. The third kappa shape index (κ3) is 7.54. The molecule has 7 nitrogen and oxygen atoms in total. The zero-order valence-corrected chi connectivity index (χ0v) is 14.9. The van der Waals surface area contributed by atoms with E-state index in [-0.39, 0.29) is 31.0 Å². The fraction of sp³-hybridized carbons (Fsp3) is 0.533. The number of nitrogens with zero attached hydrogens (tertiary/aromatic N) is 1. The molecule has 8 heteroatoms. The minimum absolute atomic E-state index is 0.0357. The van der Waals surface area contributed by atoms with Crippen molar-refractivity contribution in [1.29, 1.82) is 0 Å². The minimum Gasteiger partial charge on any atom is -0.368 e. The summed E-state index contributed by atoms with van der Waals surface area (Å²) < 4.78 is 5.99. The molecule has 128 valence electrons. The summed E-state index contributed by atoms with van der Waals surface area (Å²) >= 11 is 3.29. The average Bonchev–Trinajstić information content (AvgIpc) is 2.42. The van der Waals surface area contributed by atoms with E-state index >= 15 is 0 Å². The van der Waals surface area contributed by atoms with Gasteiger partial charge in [0.1, 0.15) is 0 Å². The van der Waals surface area contributed by atoms with Gasteiger partial charge < -0.3 is 15.2 Å². The van der Waals surface area contributed by atoms with Gasteiger partial charge in [0.2, 0.25) is 5.91 Å². The van der Waals surface area contributed by atoms with E-state index in [0.717, 1.165) is 0 Å². The Hall–Kier alpha value is -1.51. The molecule has 0 aliphatic heterocycles. The smallest absolute Gasteiger partial charge is 0.269 e. The molecule has 1 amide bonds. The highest BCUT2D eigenvalue weighted by Gasteiger charge is 2.17. The maximum atomic E-state index is 11.8. The fourth-order valence-electron chi connectivity index (χ4n) is 1.81. The van der Waals surface area contributed by atoms with Gasteiger partial charge in [-0.1, -0.05) is 15.9 Å². The number of carbonyl (C=O) groups is 1. The van der Waals surface area contributed by atoms with Crippen molar-refractivity contribution in [3.63, 3.8) is 0 Å². The summed E-state index contributed by atoms with van der Waals surface area (Å²) in [6.07, 6.45) is -0.728. The number of nitro groups is 1. The van der Waals surface area contributed by atoms with Crippen LogP contribution in [0.15, 0.2) is 22.7 Å². The van der Waals surface area contributed by atoms with Gasteiger partial charge in [0.25, 0.3) is 5.69 Å². The molecule has 1 aromatic carbocycles. The summed E-state index contributed by atoms with van der Waals surface area (Å²) in [7, 11) is 0. The quantitative estimate of drug-likeness (QED) is 0.424. The molecule has 1 unspecified atom stereocenters. The summed E-state index contributed by atoms with van der Waals surface area (Å²) in [5, 5.41) is 23.1. The minimum atomic E-state index is -1.01. The van der Waals surface area contributed by atoms with E-state index in [1.807, 2.05) is 20.8 Å². The molecule has 0 heterocycles. The largest absolute Gasteiger partial charge is 0.368 e. The van der Waals surface area contributed by atoms with E-state index in [1.165, 1.54) is 12.1 Å². The molecule has 0 bridgehead atoms. The Bertz CT molecular complexity index is 571. The molecule has 2 N–H and O–H groups in total. The van der Waals surface area contributed by atoms with Crippen molar-refractivity contribution in [3.05, 3.63) is 38.3 Å². The third-order valence-electron chi connectivity index (χ3n) is 2.82. The summed E-state index contributed by atoms with van der Waals surface area (Å²) in [6, 6.07) is 4.36. The first-order chi connectivity index (χ1) is 10.6. The number of aliphatic hydroxyl groups is 1. The van der Waals surface area contributed by atoms with Crippen LogP contribution in [0, 0.1) is 10.1 Å². The molecule has 0 aromatic heterocycles. The number of hydrogen-bond donors (Lipinski definition) is 2. The fourth-order valence-corrected chi connectivity index (χ4v) is 2.20. The Kier molecular flexibility index (Phi) is 7.11. The number of amides is 1. The highest BCUT2D eigenvalue weighted by atomic mass is 79.9. The Morgan fingerprint density at radius 1 is 1.48 bits per heavy atom. The number of nitro benzene ring substituents is 1. The molecule has 0 aliphatic rings. The van der Waals surface area contributed by atoms with Crippen LogP contribution in [0.4, 0.5) is 5.69 Å². The van der Waals surface area contributed by atoms with Crippen LogP contribution < -0.4 is 5.32 Å². The lowest BCUT2D eigenvalue weighted by Gasteiger charge is -2.23. The van der Waals surface area contributed by atoms with Gasteiger partial charge in [0.15, 0.2) is 6.29 Å². The van der Waals surface area contributed by atoms with Crippen molar-refractivity contribution in [1.82, 2.24) is 5.32 Å². The first-order valence-electron chi connectivity index (χ1n) is 7.14. The van der Waals surface area contributed by atoms with Crippen LogP contribution in [0.3, 0.4) is 0 Å². The Morgan fingerprint density at radius 2 is 2.13 bits per heavy atom. The van der Waals surface area contributed by atoms with Gasteiger partial charge >= 0.3 is 0 Å². The number of carbonyl (C=O) groups excluding carboxylic acids is 1. The number of benzene rings is 1. The standard InChI is InChI=1S/C15H21BrN2O5/c1-15(2,3)23-14(20)7-6-13(19)17-9-10-8-11(18(21)22)4-5-12(10)16/h4-5,8,14,20H,6-7,9H2,1-3H3,(H,17,19). The van der Waals surface area contributed by atoms with Gasteiger partial charge in [-0.3, -0.25) is 14.9 Å². The highest BCUT2D eigenvalue weighted by molar-refractivity contribution is 9.10. The van der Waals surface area contributed by atoms with Crippen LogP contribution in [0.5, 0.6) is 0 Å². The predicted molar refractivity (Wildman–Crippen MR) is 88.7 cm³/mol. The summed E-state index contributed by atoms with van der Waals surface area (Å²) in [4.78, 5) is 22.1. The topological polar surface area (TPSA) is 102 Å². The summed E-state index contributed by atoms with van der Waals surface area (Å²) in [6.45, 7) is 5.61. The Labute approximate surface area is 143 Å². The third-order valence-corrected chi connectivity index (χ3v) is 3.60. The summed E-state index contributed by atoms with van der Waals surface area (Å²) in [5.74, 6) is -0.264. The molecule has 0 aliphatic carbocycles. The van der Waals surface area contributed by atoms with Crippen LogP contribution in [-0.2, 0) is 16.1 Å². The molecule has 23 heavy (non-hydrogen) atoms. The maximum absolute atomic E-state index is 11.8. The van der Waals surface area contributed by atoms with E-state index in [4.69, 9.17) is 4.74 Å². The number of non-ortho nitro benzene ring substituents is 1. The van der Waals surface area contributed by atoms with Crippen molar-refractivity contribution in [2.75, 3.05) is 0 Å². The first-order valence-corrected chi connectivity index (χ1v) is 7.93. The number of nitrogens with one attached hydrogen (secondary N) is 1. The zero-order chi connectivity index (χ0) is 17.6. The van der Waals surface area contributed by atoms with Crippen molar-refractivity contribution in [2.45, 2.75) is 52.0 Å². The Balaban J connectivity index is 2.47. The molecular formula is C15H21BrN2O5. The van der Waals surface area contributed by atoms with E-state index in [0.29, 0.717) is 10.0 Å². The summed E-state index contributed by atoms with van der Waals surface area (Å²) in [5.41, 5.74) is 0.0921. The second kappa shape index (κ2) is 8.37. The average molecular weight is 389 g/mol. The van der Waals surface area contributed by atoms with Crippen LogP contribution in [0.25, 0.3) is 0 Å². The highest BCUT2D eigenvalue weighted by Crippen LogP contribution is 2.22. The normalized spacial score (nSPS) is 12.7. The van der Waals surface area contributed by atoms with Gasteiger partial charge in [0.05, 0.1) is 10.5 Å². The SMILES string of the molecule is CC(C)(C)OC(O)CCC(=O)NCc1cc([N+](=O)[O-])ccc1Br. The van der Waals surface area contributed by atoms with Crippen LogP contribution >= 0.6 is 15.9 Å². The predicted octanol–water partition coefficient (Wildman–Crippen LogP) is 2.89. The first kappa shape index (κ1) is 19.5. The van der Waals surface area contributed by atoms with E-state index in [2.05, 4.69) is 21.2 Å². The van der Waals surface area contributed by atoms with Gasteiger partial charge in [-0.15, -0.1) is 0 Å². The monoisotopic (exact) mass is 388 g/mol. The molecule has 0 spiro atoms. The number of halogens is 1. The second-order valence-corrected chi connectivity index (χ2v) is 6.89. The second-order valence-electron chi connectivity index (χ2n) is 6.03. The van der Waals surface area contributed by atoms with Gasteiger partial charge in [-0.05, 0) is 32.4 Å². The van der Waals surface area contributed by atoms with Crippen molar-refractivity contribution < 1.29 is 19.6 Å². The van der Waals surface area contributed by atoms with Crippen molar-refractivity contribution >= 4 is 27.5 Å². The lowest BCUT2D eigenvalue weighted by molar-refractivity contribution is -0.384. The molecule has 1 aromatic rings. The lowest BCUT2D eigenvalue weighted by atomic mass is 10.2. The van der Waals surface area contributed by atoms with Crippen molar-refractivity contribution in [2.24, 2.45) is 0 Å². The van der Waals surface area contributed by atoms with E-state index in [1.54, 1.807) is 6.07 Å². The maximum Gasteiger partial charge on any atom is 0.269 e. The van der Waals surface area contributed by atoms with E-state index < -0.39 is 16.8 Å². The lowest BCUT2D eigenvalue weighted by Crippen LogP contribution is -2.29. The molecule has 0 saturated heterocycles. The molecule has 0 fully saturated rings. The molecule has 0 saturated carbocycles. The number of hydrogen-bond acceptors (Lipinski definition) is 5. The number of aliphatic hydroxyl groups excluding tert-OH is 1. The van der Waals surface area contributed by atoms with Gasteiger partial charge in [-0.2, -0.15) is 0 Å². The van der Waals surface area contributed by atoms with Crippen LogP contribution in [-0.4, -0.2) is 27.8 Å². The number of ether oxygens (including phenoxy) is 1. The van der Waals surface area contributed by atoms with E-state index in [9.17, 15) is 20.0 Å². The van der Waals surface area contributed by atoms with Crippen LogP contribution in [0.1, 0.15) is 39.2 Å². The van der Waals surface area contributed by atoms with Crippen LogP contribution in [0.2, 0.25) is 0 Å². The van der Waals surface area contributed by atoms with Crippen molar-refractivity contribution in [3.8, 4) is 0 Å². The number of rotatable bonds is 7. The zero-order valence-electron chi connectivity index (χ0n) is 13.3. The van der Waals surface area contributed by atoms with Gasteiger partial charge in [-0.25, -0.2) is 0 Å². The molecule has 1 atom stereocenters. The Morgan fingerprint density at radius 3 is 2.70 bits per heavy atom. The molecular weight excluding hydrogens is 368 g/mol.